The van der Waals surface area contributed by atoms with Crippen LogP contribution in [0.25, 0.3) is 73.7 Å². The van der Waals surface area contributed by atoms with Crippen LogP contribution in [0.1, 0.15) is 0 Å². The molecule has 0 saturated carbocycles. The zero-order valence-corrected chi connectivity index (χ0v) is 39.7. The SMILES string of the molecule is C=CC(=O)OCCNC(=O)OCC(CSc1cccc(-c2cccc3c2sc2ccccc23)c1)(CSc1cccc(-c2cccc3c2sc2ccccc23)c1)CSc1nc2ccccc2o1. The summed E-state index contributed by atoms with van der Waals surface area (Å²) >= 11 is 8.69. The first-order chi connectivity index (χ1) is 32.4. The molecule has 0 radical (unpaired) electrons. The van der Waals surface area contributed by atoms with Crippen molar-refractivity contribution in [3.63, 3.8) is 0 Å². The normalized spacial score (nSPS) is 11.8. The standard InChI is InChI=1S/C54H42N2O5S5/c1-2-49(57)59-28-27-55-52(58)60-31-54(34-64-53-56-45-23-5-6-24-46(45)61-53,32-62-37-15-9-13-35(29-37)39-19-11-21-43-41-17-3-7-25-47(41)65-50(39)43)33-63-38-16-10-14-36(30-38)40-20-12-22-44-42-18-4-8-26-48(42)66-51(40)44/h2-26,29-30H,1,27-28,31-34H2,(H,55,58). The first-order valence-corrected chi connectivity index (χ1v) is 26.0. The molecule has 7 aromatic carbocycles. The monoisotopic (exact) mass is 958 g/mol. The van der Waals surface area contributed by atoms with Crippen LogP contribution in [0.5, 0.6) is 0 Å². The van der Waals surface area contributed by atoms with Crippen LogP contribution in [0, 0.1) is 5.41 Å². The van der Waals surface area contributed by atoms with E-state index in [2.05, 4.69) is 145 Å². The molecular formula is C54H42N2O5S5. The Balaban J connectivity index is 0.966. The number of alkyl carbamates (subject to hydrolysis) is 1. The maximum Gasteiger partial charge on any atom is 0.407 e. The average molecular weight is 959 g/mol. The lowest BCUT2D eigenvalue weighted by atomic mass is 9.97. The first-order valence-electron chi connectivity index (χ1n) is 21.4. The number of nitrogens with zero attached hydrogens (tertiary/aromatic N) is 1. The number of para-hydroxylation sites is 2. The number of fused-ring (bicyclic) bond motifs is 7. The molecule has 0 unspecified atom stereocenters. The second-order valence-corrected chi connectivity index (χ2v) is 20.9. The second-order valence-electron chi connectivity index (χ2n) is 15.8. The Kier molecular flexibility index (Phi) is 13.2. The molecule has 7 nitrogen and oxygen atoms in total. The van der Waals surface area contributed by atoms with Gasteiger partial charge in [-0.05, 0) is 70.8 Å². The first kappa shape index (κ1) is 43.9. The number of hydrogen-bond acceptors (Lipinski definition) is 11. The van der Waals surface area contributed by atoms with E-state index in [1.807, 2.05) is 46.9 Å². The molecule has 0 spiro atoms. The predicted octanol–water partition coefficient (Wildman–Crippen LogP) is 15.0. The van der Waals surface area contributed by atoms with Crippen molar-refractivity contribution in [3.8, 4) is 22.3 Å². The largest absolute Gasteiger partial charge is 0.461 e. The molecule has 0 fully saturated rings. The Morgan fingerprint density at radius 2 is 1.18 bits per heavy atom. The van der Waals surface area contributed by atoms with Gasteiger partial charge in [0.15, 0.2) is 5.58 Å². The molecule has 66 heavy (non-hydrogen) atoms. The Morgan fingerprint density at radius 3 is 1.79 bits per heavy atom. The van der Waals surface area contributed by atoms with Gasteiger partial charge in [-0.25, -0.2) is 14.6 Å². The summed E-state index contributed by atoms with van der Waals surface area (Å²) in [5.74, 6) is 1.23. The van der Waals surface area contributed by atoms with Gasteiger partial charge in [-0.1, -0.05) is 128 Å². The van der Waals surface area contributed by atoms with E-state index < -0.39 is 17.5 Å². The summed E-state index contributed by atoms with van der Waals surface area (Å²) in [6.07, 6.45) is 0.504. The highest BCUT2D eigenvalue weighted by Crippen LogP contribution is 2.44. The molecule has 1 amide bonds. The molecule has 3 heterocycles. The topological polar surface area (TPSA) is 90.7 Å². The lowest BCUT2D eigenvalue weighted by molar-refractivity contribution is -0.137. The molecule has 0 atom stereocenters. The third-order valence-corrected chi connectivity index (χ3v) is 17.6. The number of hydrogen-bond donors (Lipinski definition) is 1. The molecule has 0 aliphatic heterocycles. The van der Waals surface area contributed by atoms with Crippen molar-refractivity contribution in [2.75, 3.05) is 37.0 Å². The fourth-order valence-electron chi connectivity index (χ4n) is 7.94. The van der Waals surface area contributed by atoms with Crippen LogP contribution in [-0.4, -0.2) is 54.1 Å². The summed E-state index contributed by atoms with van der Waals surface area (Å²) in [5, 5.41) is 8.37. The van der Waals surface area contributed by atoms with Crippen LogP contribution in [0.3, 0.4) is 0 Å². The molecule has 10 aromatic rings. The highest BCUT2D eigenvalue weighted by Gasteiger charge is 2.34. The van der Waals surface area contributed by atoms with E-state index in [-0.39, 0.29) is 19.8 Å². The van der Waals surface area contributed by atoms with Crippen LogP contribution < -0.4 is 5.32 Å². The van der Waals surface area contributed by atoms with Crippen LogP contribution in [0.15, 0.2) is 190 Å². The smallest absolute Gasteiger partial charge is 0.407 e. The van der Waals surface area contributed by atoms with Crippen LogP contribution in [0.2, 0.25) is 0 Å². The van der Waals surface area contributed by atoms with Gasteiger partial charge < -0.3 is 19.2 Å². The summed E-state index contributed by atoms with van der Waals surface area (Å²) in [4.78, 5) is 32.0. The van der Waals surface area contributed by atoms with E-state index in [4.69, 9.17) is 18.9 Å². The molecule has 0 aliphatic rings. The average Bonchev–Trinajstić information content (AvgIpc) is 4.08. The zero-order chi connectivity index (χ0) is 44.9. The fourth-order valence-corrected chi connectivity index (χ4v) is 14.1. The molecule has 0 saturated heterocycles. The summed E-state index contributed by atoms with van der Waals surface area (Å²) in [6.45, 7) is 3.65. The van der Waals surface area contributed by atoms with Gasteiger partial charge in [0.25, 0.3) is 5.22 Å². The lowest BCUT2D eigenvalue weighted by Gasteiger charge is -2.32. The number of nitrogens with one attached hydrogen (secondary N) is 1. The van der Waals surface area contributed by atoms with Crippen LogP contribution in [-0.2, 0) is 14.3 Å². The zero-order valence-electron chi connectivity index (χ0n) is 35.6. The number of thioether (sulfide) groups is 3. The van der Waals surface area contributed by atoms with Gasteiger partial charge in [-0.2, -0.15) is 0 Å². The van der Waals surface area contributed by atoms with Crippen molar-refractivity contribution in [1.29, 1.82) is 0 Å². The number of oxazole rings is 1. The van der Waals surface area contributed by atoms with E-state index in [9.17, 15) is 9.59 Å². The van der Waals surface area contributed by atoms with E-state index in [0.29, 0.717) is 22.5 Å². The molecule has 12 heteroatoms. The molecule has 3 aromatic heterocycles. The number of aromatic nitrogens is 1. The van der Waals surface area contributed by atoms with Gasteiger partial charge in [-0.15, -0.1) is 46.2 Å². The molecule has 0 aliphatic carbocycles. The van der Waals surface area contributed by atoms with Gasteiger partial charge >= 0.3 is 12.1 Å². The van der Waals surface area contributed by atoms with Crippen molar-refractivity contribution in [2.45, 2.75) is 15.0 Å². The summed E-state index contributed by atoms with van der Waals surface area (Å²) in [7, 11) is 0. The highest BCUT2D eigenvalue weighted by molar-refractivity contribution is 8.01. The van der Waals surface area contributed by atoms with Crippen molar-refractivity contribution in [1.82, 2.24) is 10.3 Å². The number of ether oxygens (including phenoxy) is 2. The molecule has 1 N–H and O–H groups in total. The van der Waals surface area contributed by atoms with Crippen molar-refractivity contribution >= 4 is 121 Å². The van der Waals surface area contributed by atoms with Crippen LogP contribution in [0.4, 0.5) is 4.79 Å². The van der Waals surface area contributed by atoms with E-state index in [1.54, 1.807) is 23.5 Å². The lowest BCUT2D eigenvalue weighted by Crippen LogP contribution is -2.39. The van der Waals surface area contributed by atoms with Gasteiger partial charge in [0.1, 0.15) is 18.7 Å². The number of rotatable bonds is 17. The third-order valence-electron chi connectivity index (χ3n) is 11.3. The van der Waals surface area contributed by atoms with Crippen LogP contribution >= 0.6 is 58.0 Å². The minimum atomic E-state index is -0.590. The molecular weight excluding hydrogens is 917 g/mol. The Labute approximate surface area is 402 Å². The summed E-state index contributed by atoms with van der Waals surface area (Å²) in [5.41, 5.74) is 5.63. The highest BCUT2D eigenvalue weighted by atomic mass is 32.2. The van der Waals surface area contributed by atoms with Gasteiger partial charge in [0, 0.05) is 78.9 Å². The number of benzene rings is 7. The molecule has 328 valence electrons. The van der Waals surface area contributed by atoms with Gasteiger partial charge in [0.05, 0.1) is 6.54 Å². The Morgan fingerprint density at radius 1 is 0.636 bits per heavy atom. The minimum absolute atomic E-state index is 0.00148. The summed E-state index contributed by atoms with van der Waals surface area (Å²) in [6, 6.07) is 55.5. The molecule has 10 rings (SSSR count). The van der Waals surface area contributed by atoms with Gasteiger partial charge in [-0.3, -0.25) is 0 Å². The van der Waals surface area contributed by atoms with E-state index >= 15 is 0 Å². The third kappa shape index (κ3) is 9.61. The Hall–Kier alpha value is -6.02. The summed E-state index contributed by atoms with van der Waals surface area (Å²) < 4.78 is 22.5. The Bertz CT molecular complexity index is 3200. The minimum Gasteiger partial charge on any atom is -0.461 e. The van der Waals surface area contributed by atoms with E-state index in [0.717, 1.165) is 38.1 Å². The van der Waals surface area contributed by atoms with E-state index in [1.165, 1.54) is 63.2 Å². The maximum absolute atomic E-state index is 13.3. The number of carbonyl (C=O) groups is 2. The molecule has 0 bridgehead atoms. The second kappa shape index (κ2) is 19.8. The quantitative estimate of drug-likeness (QED) is 0.0415. The van der Waals surface area contributed by atoms with Crippen molar-refractivity contribution in [3.05, 3.63) is 170 Å². The van der Waals surface area contributed by atoms with Crippen molar-refractivity contribution in [2.24, 2.45) is 5.41 Å². The fraction of sp³-hybridized carbons (Fsp3) is 0.130. The number of amides is 1. The maximum atomic E-state index is 13.3. The van der Waals surface area contributed by atoms with Crippen molar-refractivity contribution < 1.29 is 23.5 Å². The number of thiophene rings is 2. The predicted molar refractivity (Wildman–Crippen MR) is 279 cm³/mol. The number of carbonyl (C=O) groups excluding carboxylic acids is 2. The number of esters is 1. The van der Waals surface area contributed by atoms with Gasteiger partial charge in [0.2, 0.25) is 0 Å².